The molecule has 12 aromatic rings. The summed E-state index contributed by atoms with van der Waals surface area (Å²) in [5, 5.41) is 22.4. The van der Waals surface area contributed by atoms with Crippen LogP contribution in [-0.4, -0.2) is 178 Å². The number of nitrogens with one attached hydrogen (secondary N) is 4. The summed E-state index contributed by atoms with van der Waals surface area (Å²) in [5.41, 5.74) is 12.3. The van der Waals surface area contributed by atoms with Gasteiger partial charge in [-0.2, -0.15) is 0 Å². The molecule has 4 aliphatic carbocycles. The highest BCUT2D eigenvalue weighted by Gasteiger charge is 2.52. The van der Waals surface area contributed by atoms with Crippen LogP contribution in [0, 0.1) is 72.1 Å². The number of nitrogens with zero attached hydrogens (tertiary/aromatic N) is 16. The van der Waals surface area contributed by atoms with Crippen molar-refractivity contribution in [1.29, 1.82) is 0 Å². The molecule has 8 aliphatic rings. The molecule has 0 radical (unpaired) electrons. The Balaban J connectivity index is 0.000000111. The van der Waals surface area contributed by atoms with Gasteiger partial charge in [-0.3, -0.25) is 29.1 Å². The lowest BCUT2D eigenvalue weighted by molar-refractivity contribution is 0.0680. The third-order valence-corrected chi connectivity index (χ3v) is 25.7. The van der Waals surface area contributed by atoms with Crippen LogP contribution in [0.4, 0.5) is 23.3 Å². The lowest BCUT2D eigenvalue weighted by Gasteiger charge is -2.34. The van der Waals surface area contributed by atoms with Gasteiger partial charge < -0.3 is 45.3 Å². The smallest absolute Gasteiger partial charge is 0.273 e. The van der Waals surface area contributed by atoms with Crippen LogP contribution < -0.4 is 21.3 Å². The van der Waals surface area contributed by atoms with Gasteiger partial charge in [-0.15, -0.1) is 34.0 Å². The number of hydrogen-bond acceptors (Lipinski definition) is 24. The molecule has 25 nitrogen and oxygen atoms in total. The van der Waals surface area contributed by atoms with E-state index in [0.717, 1.165) is 166 Å². The topological polar surface area (TPSA) is 297 Å². The number of piperidine rings is 4. The van der Waals surface area contributed by atoms with Gasteiger partial charge in [0.25, 0.3) is 23.6 Å². The van der Waals surface area contributed by atoms with Gasteiger partial charge in [0.15, 0.2) is 0 Å². The molecule has 4 saturated heterocycles. The maximum Gasteiger partial charge on any atom is 0.273 e. The van der Waals surface area contributed by atoms with E-state index in [0.29, 0.717) is 63.5 Å². The summed E-state index contributed by atoms with van der Waals surface area (Å²) in [5.74, 6) is 6.00. The number of aryl methyl sites for hydroxylation is 7. The van der Waals surface area contributed by atoms with E-state index in [1.807, 2.05) is 170 Å². The Morgan fingerprint density at radius 1 is 0.365 bits per heavy atom. The fourth-order valence-electron chi connectivity index (χ4n) is 18.0. The second-order valence-electron chi connectivity index (χ2n) is 31.7. The van der Waals surface area contributed by atoms with Crippen molar-refractivity contribution < 1.29 is 23.6 Å². The number of carbonyl (C=O) groups excluding carboxylic acids is 4. The molecule has 4 N–H and O–H groups in total. The Hall–Kier alpha value is -11.6. The molecule has 8 fully saturated rings. The average Bonchev–Trinajstić information content (AvgIpc) is 1.16. The number of pyridine rings is 8. The summed E-state index contributed by atoms with van der Waals surface area (Å²) in [7, 11) is 0. The van der Waals surface area contributed by atoms with E-state index in [1.54, 1.807) is 49.3 Å². The minimum absolute atomic E-state index is 0.00562. The molecule has 12 unspecified atom stereocenters. The first-order valence-corrected chi connectivity index (χ1v) is 42.0. The number of amides is 4. The Morgan fingerprint density at radius 2 is 0.774 bits per heavy atom. The molecule has 4 amide bonds. The molecule has 8 bridgehead atoms. The first kappa shape index (κ1) is 76.0. The molecular formula is C87H90N20O5S3. The molecule has 0 aromatic carbocycles. The molecule has 115 heavy (non-hydrogen) atoms. The van der Waals surface area contributed by atoms with E-state index in [4.69, 9.17) is 4.42 Å². The van der Waals surface area contributed by atoms with Gasteiger partial charge >= 0.3 is 0 Å². The number of carbonyl (C=O) groups is 4. The van der Waals surface area contributed by atoms with E-state index in [9.17, 15) is 19.2 Å². The predicted octanol–water partition coefficient (Wildman–Crippen LogP) is 15.0. The zero-order chi connectivity index (χ0) is 79.0. The molecule has 0 spiro atoms. The van der Waals surface area contributed by atoms with Crippen LogP contribution >= 0.6 is 34.0 Å². The molecule has 12 aromatic heterocycles. The van der Waals surface area contributed by atoms with E-state index in [2.05, 4.69) is 99.3 Å². The number of rotatable bonds is 16. The van der Waals surface area contributed by atoms with Crippen molar-refractivity contribution in [2.24, 2.45) is 23.7 Å². The fraction of sp³-hybridized carbons (Fsp3) is 0.356. The van der Waals surface area contributed by atoms with Gasteiger partial charge in [-0.25, -0.2) is 49.8 Å². The van der Waals surface area contributed by atoms with Crippen LogP contribution in [0.25, 0.3) is 43.4 Å². The van der Waals surface area contributed by atoms with Crippen LogP contribution in [0.5, 0.6) is 0 Å². The SMILES string of the molecule is Cc1ccc(NC2CC3CC2N(C(=O)c2ccc(C)nc2-c2nccs2)C3)nc1.Cc1ccc(NC2CC3CC2N(C(=O)c2cccnc2-c2ncco2)C3)nc1.Cc1ccc(NC2CC3CC2N(C(=O)c2nc(C)ccc2-c2nccs2)C3)nc1.Cc1ccc(NC2CC3CC2N(C(=O)c2ncc(C)cc2-c2nccs2)C3)nc1. The van der Waals surface area contributed by atoms with Crippen LogP contribution in [0.1, 0.15) is 132 Å². The largest absolute Gasteiger partial charge is 0.443 e. The molecule has 20 rings (SSSR count). The molecule has 586 valence electrons. The van der Waals surface area contributed by atoms with Crippen molar-refractivity contribution >= 4 is 80.9 Å². The summed E-state index contributed by atoms with van der Waals surface area (Å²) >= 11 is 4.58. The predicted molar refractivity (Wildman–Crippen MR) is 446 cm³/mol. The lowest BCUT2D eigenvalue weighted by Crippen LogP contribution is -2.48. The van der Waals surface area contributed by atoms with Crippen molar-refractivity contribution in [3.63, 3.8) is 0 Å². The summed E-state index contributed by atoms with van der Waals surface area (Å²) in [6.45, 7) is 17.2. The minimum Gasteiger partial charge on any atom is -0.443 e. The van der Waals surface area contributed by atoms with Gasteiger partial charge in [0.2, 0.25) is 5.89 Å². The van der Waals surface area contributed by atoms with Crippen LogP contribution in [0.15, 0.2) is 180 Å². The second-order valence-corrected chi connectivity index (χ2v) is 34.4. The van der Waals surface area contributed by atoms with Crippen LogP contribution in [0.2, 0.25) is 0 Å². The number of anilines is 4. The van der Waals surface area contributed by atoms with Gasteiger partial charge in [0.1, 0.15) is 67.3 Å². The molecule has 28 heteroatoms. The van der Waals surface area contributed by atoms with Crippen molar-refractivity contribution in [3.8, 4) is 43.4 Å². The maximum absolute atomic E-state index is 13.5. The van der Waals surface area contributed by atoms with Gasteiger partial charge in [-0.05, 0) is 218 Å². The fourth-order valence-corrected chi connectivity index (χ4v) is 20.0. The molecule has 12 atom stereocenters. The quantitative estimate of drug-likeness (QED) is 0.0699. The molecule has 4 saturated carbocycles. The highest BCUT2D eigenvalue weighted by Crippen LogP contribution is 2.45. The Kier molecular flexibility index (Phi) is 21.9. The summed E-state index contributed by atoms with van der Waals surface area (Å²) < 4.78 is 5.38. The van der Waals surface area contributed by atoms with Gasteiger partial charge in [-0.1, -0.05) is 24.3 Å². The van der Waals surface area contributed by atoms with Gasteiger partial charge in [0.05, 0.1) is 41.5 Å². The van der Waals surface area contributed by atoms with E-state index in [1.165, 1.54) is 40.3 Å². The maximum atomic E-state index is 13.5. The molecule has 16 heterocycles. The first-order valence-electron chi connectivity index (χ1n) is 39.4. The Labute approximate surface area is 679 Å². The number of fused-ring (bicyclic) bond motifs is 8. The lowest BCUT2D eigenvalue weighted by atomic mass is 10.0. The molecular weight excluding hydrogens is 1500 g/mol. The Bertz CT molecular complexity index is 5260. The van der Waals surface area contributed by atoms with Crippen molar-refractivity contribution in [1.82, 2.24) is 79.4 Å². The monoisotopic (exact) mass is 1590 g/mol. The van der Waals surface area contributed by atoms with Gasteiger partial charge in [0, 0.05) is 145 Å². The third-order valence-electron chi connectivity index (χ3n) is 23.3. The van der Waals surface area contributed by atoms with E-state index in [-0.39, 0.29) is 72.0 Å². The molecule has 4 aliphatic heterocycles. The van der Waals surface area contributed by atoms with E-state index < -0.39 is 0 Å². The second kappa shape index (κ2) is 33.1. The van der Waals surface area contributed by atoms with Crippen LogP contribution in [0.3, 0.4) is 0 Å². The zero-order valence-electron chi connectivity index (χ0n) is 65.1. The summed E-state index contributed by atoms with van der Waals surface area (Å²) in [6, 6.07) is 31.1. The van der Waals surface area contributed by atoms with Crippen molar-refractivity contribution in [3.05, 3.63) is 237 Å². The highest BCUT2D eigenvalue weighted by molar-refractivity contribution is 7.13. The number of likely N-dealkylation sites (tertiary alicyclic amines) is 4. The highest BCUT2D eigenvalue weighted by atomic mass is 32.1. The normalized spacial score (nSPS) is 22.9. The summed E-state index contributed by atoms with van der Waals surface area (Å²) in [4.78, 5) is 115. The first-order chi connectivity index (χ1) is 55.9. The van der Waals surface area contributed by atoms with Crippen molar-refractivity contribution in [2.75, 3.05) is 47.4 Å². The number of thiazole rings is 3. The Morgan fingerprint density at radius 3 is 1.19 bits per heavy atom. The average molecular weight is 1590 g/mol. The number of aromatic nitrogens is 12. The summed E-state index contributed by atoms with van der Waals surface area (Å²) in [6.07, 6.45) is 27.6. The minimum atomic E-state index is -0.0165. The number of oxazole rings is 1. The van der Waals surface area contributed by atoms with Crippen molar-refractivity contribution in [2.45, 2.75) is 148 Å². The van der Waals surface area contributed by atoms with E-state index >= 15 is 0 Å². The zero-order valence-corrected chi connectivity index (χ0v) is 67.5. The number of hydrogen-bond donors (Lipinski definition) is 4. The third kappa shape index (κ3) is 16.5. The standard InChI is InChI=1S/3C22H23N5OS.C21H21N5O2/c1-13-3-6-19(24-11-13)26-17-9-15-10-18(17)27(12-15)22(28)16-5-4-14(2)25-20(16)21-23-7-8-29-21;1-13-3-6-19(24-11-13)26-17-9-15-10-18(17)27(12-15)22(28)20-16(5-4-14(2)25-20)21-23-7-8-29-21;1-13-3-4-19(24-10-13)26-17-8-15-9-18(17)27(12-15)22(28)20-16(7-14(2)11-25-20)21-23-5-6-29-21;1-13-4-5-18(24-11-13)25-16-9-14-10-17(16)26(12-14)21(27)15-3-2-6-22-19(15)20-23-7-8-28-20/h2*3-8,11,15,17-18H,9-10,12H2,1-2H3,(H,24,26);3-7,10-11,15,17-18H,8-9,12H2,1-2H3,(H,24,26);2-8,11,14,16-17H,9-10,12H2,1H3,(H,24,25). The van der Waals surface area contributed by atoms with Crippen LogP contribution in [-0.2, 0) is 0 Å².